The van der Waals surface area contributed by atoms with Crippen molar-refractivity contribution in [1.82, 2.24) is 0 Å². The summed E-state index contributed by atoms with van der Waals surface area (Å²) in [6, 6.07) is 4.89. The largest absolute Gasteiger partial charge is 0.320 e. The second kappa shape index (κ2) is 7.17. The van der Waals surface area contributed by atoms with E-state index < -0.39 is 10.0 Å². The van der Waals surface area contributed by atoms with E-state index in [4.69, 9.17) is 17.3 Å². The van der Waals surface area contributed by atoms with E-state index in [0.717, 1.165) is 0 Å². The molecular weight excluding hydrogens is 308 g/mol. The first-order valence-electron chi connectivity index (χ1n) is 6.62. The molecule has 0 aliphatic carbocycles. The minimum atomic E-state index is -3.44. The second-order valence-electron chi connectivity index (χ2n) is 5.93. The fourth-order valence-corrected chi connectivity index (χ4v) is 3.17. The zero-order valence-corrected chi connectivity index (χ0v) is 14.1. The summed E-state index contributed by atoms with van der Waals surface area (Å²) in [5.41, 5.74) is 6.24. The lowest BCUT2D eigenvalue weighted by Gasteiger charge is -2.18. The lowest BCUT2D eigenvalue weighted by Crippen LogP contribution is -2.21. The molecule has 0 bridgehead atoms. The Morgan fingerprint density at radius 2 is 2.00 bits per heavy atom. The molecule has 3 N–H and O–H groups in total. The van der Waals surface area contributed by atoms with E-state index in [1.807, 2.05) is 20.8 Å². The van der Waals surface area contributed by atoms with Gasteiger partial charge in [-0.3, -0.25) is 4.72 Å². The number of hydrogen-bond donors (Lipinski definition) is 2. The van der Waals surface area contributed by atoms with Crippen molar-refractivity contribution >= 4 is 27.3 Å². The molecule has 0 aliphatic heterocycles. The Morgan fingerprint density at radius 3 is 2.57 bits per heavy atom. The van der Waals surface area contributed by atoms with Gasteiger partial charge in [0.25, 0.3) is 0 Å². The van der Waals surface area contributed by atoms with E-state index in [0.29, 0.717) is 22.7 Å². The molecule has 0 amide bonds. The Balaban J connectivity index is 2.98. The predicted molar refractivity (Wildman–Crippen MR) is 88.9 cm³/mol. The summed E-state index contributed by atoms with van der Waals surface area (Å²) in [5, 5.41) is 0.446. The average molecular weight is 329 g/mol. The lowest BCUT2D eigenvalue weighted by molar-refractivity contribution is 0.397. The molecule has 6 heteroatoms. The van der Waals surface area contributed by atoms with Crippen molar-refractivity contribution in [1.29, 1.82) is 0 Å². The zero-order valence-electron chi connectivity index (χ0n) is 12.5. The van der Waals surface area contributed by atoms with Crippen LogP contribution in [0.2, 0.25) is 5.02 Å². The van der Waals surface area contributed by atoms with Crippen LogP contribution in [0.3, 0.4) is 0 Å². The maximum atomic E-state index is 12.2. The van der Waals surface area contributed by atoms with E-state index in [2.05, 4.69) is 16.6 Å². The van der Waals surface area contributed by atoms with Gasteiger partial charge in [-0.05, 0) is 30.0 Å². The fraction of sp³-hybridized carbons (Fsp3) is 0.467. The second-order valence-corrected chi connectivity index (χ2v) is 8.21. The summed E-state index contributed by atoms with van der Waals surface area (Å²) in [6.07, 6.45) is 0.562. The lowest BCUT2D eigenvalue weighted by atomic mass is 9.94. The van der Waals surface area contributed by atoms with Gasteiger partial charge in [0.2, 0.25) is 10.0 Å². The number of nitrogens with one attached hydrogen (secondary N) is 1. The first-order valence-corrected chi connectivity index (χ1v) is 8.65. The maximum Gasteiger partial charge on any atom is 0.232 e. The van der Waals surface area contributed by atoms with Gasteiger partial charge in [-0.1, -0.05) is 44.2 Å². The molecule has 0 aromatic heterocycles. The number of halogens is 1. The van der Waals surface area contributed by atoms with Crippen LogP contribution in [0.1, 0.15) is 32.8 Å². The molecule has 116 valence electrons. The van der Waals surface area contributed by atoms with Crippen LogP contribution in [0.25, 0.3) is 0 Å². The summed E-state index contributed by atoms with van der Waals surface area (Å²) in [7, 11) is -3.44. The van der Waals surface area contributed by atoms with Crippen LogP contribution < -0.4 is 10.5 Å². The number of hydrogen-bond acceptors (Lipinski definition) is 3. The number of anilines is 1. The van der Waals surface area contributed by atoms with E-state index in [-0.39, 0.29) is 17.7 Å². The molecule has 4 nitrogen and oxygen atoms in total. The van der Waals surface area contributed by atoms with Crippen LogP contribution in [0.15, 0.2) is 18.2 Å². The summed E-state index contributed by atoms with van der Waals surface area (Å²) in [4.78, 5) is 0. The molecule has 1 aromatic rings. The van der Waals surface area contributed by atoms with Crippen molar-refractivity contribution in [3.8, 4) is 11.8 Å². The first-order chi connectivity index (χ1) is 9.63. The topological polar surface area (TPSA) is 72.2 Å². The number of rotatable bonds is 4. The molecule has 0 atom stereocenters. The van der Waals surface area contributed by atoms with Crippen LogP contribution in [-0.4, -0.2) is 20.7 Å². The minimum Gasteiger partial charge on any atom is -0.320 e. The van der Waals surface area contributed by atoms with Crippen molar-refractivity contribution in [3.05, 3.63) is 28.8 Å². The van der Waals surface area contributed by atoms with Crippen LogP contribution in [0.5, 0.6) is 0 Å². The van der Waals surface area contributed by atoms with Gasteiger partial charge in [-0.25, -0.2) is 8.42 Å². The average Bonchev–Trinajstić information content (AvgIpc) is 2.34. The number of sulfonamides is 1. The minimum absolute atomic E-state index is 0.0484. The molecule has 0 fully saturated rings. The van der Waals surface area contributed by atoms with Gasteiger partial charge >= 0.3 is 0 Å². The van der Waals surface area contributed by atoms with Gasteiger partial charge in [0.15, 0.2) is 0 Å². The fourth-order valence-electron chi connectivity index (χ4n) is 1.52. The molecule has 1 aromatic carbocycles. The number of benzene rings is 1. The van der Waals surface area contributed by atoms with Crippen LogP contribution in [-0.2, 0) is 10.0 Å². The monoisotopic (exact) mass is 328 g/mol. The van der Waals surface area contributed by atoms with Crippen LogP contribution in [0.4, 0.5) is 5.69 Å². The zero-order chi connectivity index (χ0) is 16.1. The molecule has 1 rings (SSSR count). The first kappa shape index (κ1) is 17.8. The van der Waals surface area contributed by atoms with Crippen molar-refractivity contribution in [2.75, 3.05) is 17.0 Å². The Bertz CT molecular complexity index is 652. The third kappa shape index (κ3) is 6.85. The standard InChI is InChI=1S/C15H21ClN2O2S/c1-15(2,3)8-10-21(19,20)18-14-11-13(16)7-6-12(14)5-4-9-17/h6-7,11,18H,8-10,17H2,1-3H3. The summed E-state index contributed by atoms with van der Waals surface area (Å²) in [6.45, 7) is 6.21. The summed E-state index contributed by atoms with van der Waals surface area (Å²) < 4.78 is 26.9. The Kier molecular flexibility index (Phi) is 6.09. The van der Waals surface area contributed by atoms with Gasteiger partial charge in [0, 0.05) is 10.6 Å². The molecule has 0 aliphatic rings. The van der Waals surface area contributed by atoms with Crippen molar-refractivity contribution in [2.24, 2.45) is 11.1 Å². The maximum absolute atomic E-state index is 12.2. The molecule has 0 saturated heterocycles. The van der Waals surface area contributed by atoms with Gasteiger partial charge in [-0.15, -0.1) is 0 Å². The quantitative estimate of drug-likeness (QED) is 0.835. The third-order valence-electron chi connectivity index (χ3n) is 2.69. The molecule has 21 heavy (non-hydrogen) atoms. The van der Waals surface area contributed by atoms with Crippen molar-refractivity contribution in [3.63, 3.8) is 0 Å². The Hall–Kier alpha value is -1.22. The van der Waals surface area contributed by atoms with E-state index in [9.17, 15) is 8.42 Å². The number of nitrogens with two attached hydrogens (primary N) is 1. The molecule has 0 unspecified atom stereocenters. The highest BCUT2D eigenvalue weighted by atomic mass is 35.5. The smallest absolute Gasteiger partial charge is 0.232 e. The van der Waals surface area contributed by atoms with Gasteiger partial charge in [0.05, 0.1) is 18.0 Å². The SMILES string of the molecule is CC(C)(C)CCS(=O)(=O)Nc1cc(Cl)ccc1C#CCN. The Labute approximate surface area is 132 Å². The van der Waals surface area contributed by atoms with Gasteiger partial charge in [0.1, 0.15) is 0 Å². The predicted octanol–water partition coefficient (Wildman–Crippen LogP) is 2.83. The van der Waals surface area contributed by atoms with Gasteiger partial charge < -0.3 is 5.73 Å². The van der Waals surface area contributed by atoms with Crippen LogP contribution in [0, 0.1) is 17.3 Å². The molecule has 0 saturated carbocycles. The molecule has 0 spiro atoms. The third-order valence-corrected chi connectivity index (χ3v) is 4.20. The summed E-state index contributed by atoms with van der Waals surface area (Å²) >= 11 is 5.92. The molecular formula is C15H21ClN2O2S. The van der Waals surface area contributed by atoms with E-state index >= 15 is 0 Å². The van der Waals surface area contributed by atoms with E-state index in [1.54, 1.807) is 18.2 Å². The normalized spacial score (nSPS) is 11.7. The highest BCUT2D eigenvalue weighted by Gasteiger charge is 2.18. The highest BCUT2D eigenvalue weighted by molar-refractivity contribution is 7.92. The highest BCUT2D eigenvalue weighted by Crippen LogP contribution is 2.23. The summed E-state index contributed by atoms with van der Waals surface area (Å²) in [5.74, 6) is 5.59. The van der Waals surface area contributed by atoms with Gasteiger partial charge in [-0.2, -0.15) is 0 Å². The van der Waals surface area contributed by atoms with Crippen LogP contribution >= 0.6 is 11.6 Å². The van der Waals surface area contributed by atoms with E-state index in [1.165, 1.54) is 0 Å². The van der Waals surface area contributed by atoms with Crippen molar-refractivity contribution in [2.45, 2.75) is 27.2 Å². The molecule has 0 heterocycles. The Morgan fingerprint density at radius 1 is 1.33 bits per heavy atom. The molecule has 0 radical (unpaired) electrons. The van der Waals surface area contributed by atoms with Crippen molar-refractivity contribution < 1.29 is 8.42 Å².